The number of halogens is 4. The molecule has 0 aliphatic rings. The molecule has 2 aromatic rings. The fraction of sp³-hybridized carbons (Fsp3) is 0.200. The van der Waals surface area contributed by atoms with Crippen LogP contribution in [-0.2, 0) is 6.18 Å². The molecule has 2 nitrogen and oxygen atoms in total. The van der Waals surface area contributed by atoms with Crippen LogP contribution < -0.4 is 10.5 Å². The Morgan fingerprint density at radius 1 is 1.05 bits per heavy atom. The van der Waals surface area contributed by atoms with Gasteiger partial charge in [0.05, 0.1) is 24.3 Å². The van der Waals surface area contributed by atoms with Crippen LogP contribution in [0, 0.1) is 5.82 Å². The van der Waals surface area contributed by atoms with E-state index >= 15 is 0 Å². The van der Waals surface area contributed by atoms with Crippen LogP contribution in [0.5, 0.6) is 5.75 Å². The first-order valence-corrected chi connectivity index (χ1v) is 6.09. The van der Waals surface area contributed by atoms with E-state index in [4.69, 9.17) is 10.5 Å². The summed E-state index contributed by atoms with van der Waals surface area (Å²) in [5.41, 5.74) is 5.65. The lowest BCUT2D eigenvalue weighted by atomic mass is 9.97. The average molecular weight is 299 g/mol. The van der Waals surface area contributed by atoms with Crippen molar-refractivity contribution in [3.63, 3.8) is 0 Å². The fourth-order valence-electron chi connectivity index (χ4n) is 2.04. The van der Waals surface area contributed by atoms with Gasteiger partial charge in [0.1, 0.15) is 11.6 Å². The molecule has 0 aliphatic carbocycles. The molecule has 0 fully saturated rings. The van der Waals surface area contributed by atoms with E-state index in [2.05, 4.69) is 0 Å². The van der Waals surface area contributed by atoms with E-state index in [1.54, 1.807) is 6.07 Å². The molecule has 0 aromatic heterocycles. The summed E-state index contributed by atoms with van der Waals surface area (Å²) >= 11 is 0. The lowest BCUT2D eigenvalue weighted by Crippen LogP contribution is -2.15. The first-order chi connectivity index (χ1) is 9.84. The molecule has 6 heteroatoms. The molecule has 0 amide bonds. The van der Waals surface area contributed by atoms with Crippen molar-refractivity contribution in [1.82, 2.24) is 0 Å². The van der Waals surface area contributed by atoms with E-state index < -0.39 is 23.6 Å². The van der Waals surface area contributed by atoms with Crippen LogP contribution in [0.1, 0.15) is 22.7 Å². The third kappa shape index (κ3) is 3.16. The van der Waals surface area contributed by atoms with Crippen LogP contribution in [0.4, 0.5) is 17.6 Å². The van der Waals surface area contributed by atoms with Crippen LogP contribution in [0.15, 0.2) is 42.5 Å². The molecule has 0 saturated heterocycles. The molecule has 0 aliphatic heterocycles. The lowest BCUT2D eigenvalue weighted by Gasteiger charge is -2.17. The summed E-state index contributed by atoms with van der Waals surface area (Å²) in [6.45, 7) is 0. The van der Waals surface area contributed by atoms with Gasteiger partial charge in [-0.1, -0.05) is 18.2 Å². The van der Waals surface area contributed by atoms with Crippen molar-refractivity contribution < 1.29 is 22.3 Å². The van der Waals surface area contributed by atoms with Gasteiger partial charge in [-0.2, -0.15) is 13.2 Å². The summed E-state index contributed by atoms with van der Waals surface area (Å²) in [5.74, 6) is -0.316. The highest BCUT2D eigenvalue weighted by molar-refractivity contribution is 5.42. The van der Waals surface area contributed by atoms with Crippen LogP contribution in [0.3, 0.4) is 0 Å². The van der Waals surface area contributed by atoms with Crippen molar-refractivity contribution in [1.29, 1.82) is 0 Å². The second-order valence-electron chi connectivity index (χ2n) is 4.45. The Morgan fingerprint density at radius 3 is 2.19 bits per heavy atom. The molecular weight excluding hydrogens is 286 g/mol. The van der Waals surface area contributed by atoms with Crippen molar-refractivity contribution in [3.8, 4) is 5.75 Å². The van der Waals surface area contributed by atoms with E-state index in [1.165, 1.54) is 31.4 Å². The van der Waals surface area contributed by atoms with Gasteiger partial charge in [-0.05, 0) is 29.8 Å². The number of methoxy groups -OCH3 is 1. The van der Waals surface area contributed by atoms with Gasteiger partial charge in [0.15, 0.2) is 0 Å². The maximum Gasteiger partial charge on any atom is 0.416 e. The van der Waals surface area contributed by atoms with Crippen LogP contribution >= 0.6 is 0 Å². The molecule has 112 valence electrons. The Morgan fingerprint density at radius 2 is 1.67 bits per heavy atom. The molecule has 1 atom stereocenters. The molecule has 2 rings (SSSR count). The Balaban J connectivity index is 2.39. The number of alkyl halides is 3. The third-order valence-corrected chi connectivity index (χ3v) is 3.14. The normalized spacial score (nSPS) is 13.0. The number of rotatable bonds is 3. The van der Waals surface area contributed by atoms with Gasteiger partial charge < -0.3 is 10.5 Å². The fourth-order valence-corrected chi connectivity index (χ4v) is 2.04. The summed E-state index contributed by atoms with van der Waals surface area (Å²) in [7, 11) is 1.37. The molecule has 0 bridgehead atoms. The zero-order valence-corrected chi connectivity index (χ0v) is 11.1. The number of benzene rings is 2. The lowest BCUT2D eigenvalue weighted by molar-refractivity contribution is -0.137. The van der Waals surface area contributed by atoms with Crippen LogP contribution in [0.25, 0.3) is 0 Å². The van der Waals surface area contributed by atoms with Gasteiger partial charge in [-0.15, -0.1) is 0 Å². The Hall–Kier alpha value is -2.08. The largest absolute Gasteiger partial charge is 0.496 e. The smallest absolute Gasteiger partial charge is 0.416 e. The second-order valence-corrected chi connectivity index (χ2v) is 4.45. The molecule has 0 radical (unpaired) electrons. The molecule has 0 saturated carbocycles. The highest BCUT2D eigenvalue weighted by Crippen LogP contribution is 2.33. The molecule has 0 spiro atoms. The number of ether oxygens (including phenoxy) is 1. The number of hydrogen-bond acceptors (Lipinski definition) is 2. The van der Waals surface area contributed by atoms with Gasteiger partial charge in [0, 0.05) is 0 Å². The van der Waals surface area contributed by atoms with Gasteiger partial charge >= 0.3 is 6.18 Å². The van der Waals surface area contributed by atoms with Gasteiger partial charge in [-0.3, -0.25) is 0 Å². The summed E-state index contributed by atoms with van der Waals surface area (Å²) in [5, 5.41) is 0. The maximum atomic E-state index is 13.9. The Kier molecular flexibility index (Phi) is 4.18. The zero-order valence-electron chi connectivity index (χ0n) is 11.1. The second kappa shape index (κ2) is 5.73. The van der Waals surface area contributed by atoms with E-state index in [0.29, 0.717) is 5.56 Å². The van der Waals surface area contributed by atoms with E-state index in [1.807, 2.05) is 0 Å². The SMILES string of the molecule is COc1cccc(F)c1C(N)c1ccc(C(F)(F)F)cc1. The predicted molar refractivity (Wildman–Crippen MR) is 70.4 cm³/mol. The minimum atomic E-state index is -4.42. The van der Waals surface area contributed by atoms with Gasteiger partial charge in [-0.25, -0.2) is 4.39 Å². The maximum absolute atomic E-state index is 13.9. The predicted octanol–water partition coefficient (Wildman–Crippen LogP) is 3.90. The summed E-state index contributed by atoms with van der Waals surface area (Å²) in [6.07, 6.45) is -4.42. The third-order valence-electron chi connectivity index (χ3n) is 3.14. The molecule has 1 unspecified atom stereocenters. The van der Waals surface area contributed by atoms with E-state index in [0.717, 1.165) is 12.1 Å². The minimum absolute atomic E-state index is 0.111. The summed E-state index contributed by atoms with van der Waals surface area (Å²) < 4.78 is 56.5. The Bertz CT molecular complexity index is 623. The van der Waals surface area contributed by atoms with E-state index in [-0.39, 0.29) is 11.3 Å². The number of nitrogens with two attached hydrogens (primary N) is 1. The monoisotopic (exact) mass is 299 g/mol. The summed E-state index contributed by atoms with van der Waals surface area (Å²) in [6, 6.07) is 7.63. The van der Waals surface area contributed by atoms with Gasteiger partial charge in [0.2, 0.25) is 0 Å². The Labute approximate surface area is 119 Å². The van der Waals surface area contributed by atoms with Gasteiger partial charge in [0.25, 0.3) is 0 Å². The quantitative estimate of drug-likeness (QED) is 0.872. The van der Waals surface area contributed by atoms with Crippen molar-refractivity contribution in [2.75, 3.05) is 7.11 Å². The average Bonchev–Trinajstić information content (AvgIpc) is 2.45. The molecule has 2 N–H and O–H groups in total. The molecular formula is C15H13F4NO. The molecule has 0 heterocycles. The minimum Gasteiger partial charge on any atom is -0.496 e. The van der Waals surface area contributed by atoms with Crippen LogP contribution in [0.2, 0.25) is 0 Å². The van der Waals surface area contributed by atoms with Crippen molar-refractivity contribution in [2.24, 2.45) is 5.73 Å². The zero-order chi connectivity index (χ0) is 15.6. The van der Waals surface area contributed by atoms with Crippen molar-refractivity contribution in [3.05, 3.63) is 65.0 Å². The molecule has 2 aromatic carbocycles. The van der Waals surface area contributed by atoms with Crippen molar-refractivity contribution >= 4 is 0 Å². The van der Waals surface area contributed by atoms with E-state index in [9.17, 15) is 17.6 Å². The van der Waals surface area contributed by atoms with Crippen molar-refractivity contribution in [2.45, 2.75) is 12.2 Å². The first kappa shape index (κ1) is 15.3. The topological polar surface area (TPSA) is 35.2 Å². The first-order valence-electron chi connectivity index (χ1n) is 6.09. The van der Waals surface area contributed by atoms with Crippen LogP contribution in [-0.4, -0.2) is 7.11 Å². The molecule has 21 heavy (non-hydrogen) atoms. The standard InChI is InChI=1S/C15H13F4NO/c1-21-12-4-2-3-11(16)13(12)14(20)9-5-7-10(8-6-9)15(17,18)19/h2-8,14H,20H2,1H3. The highest BCUT2D eigenvalue weighted by Gasteiger charge is 2.30. The number of hydrogen-bond donors (Lipinski definition) is 1. The summed E-state index contributed by atoms with van der Waals surface area (Å²) in [4.78, 5) is 0. The highest BCUT2D eigenvalue weighted by atomic mass is 19.4.